The number of carbonyl (C=O) groups excluding carboxylic acids is 1. The molecule has 1 saturated heterocycles. The lowest BCUT2D eigenvalue weighted by Crippen LogP contribution is -2.38. The van der Waals surface area contributed by atoms with Crippen LogP contribution in [-0.2, 0) is 0 Å². The Bertz CT molecular complexity index is 750. The van der Waals surface area contributed by atoms with Crippen LogP contribution >= 0.6 is 0 Å². The van der Waals surface area contributed by atoms with Crippen molar-refractivity contribution in [1.82, 2.24) is 9.88 Å². The molecule has 1 amide bonds. The van der Waals surface area contributed by atoms with Gasteiger partial charge in [0.15, 0.2) is 0 Å². The Kier molecular flexibility index (Phi) is 5.49. The van der Waals surface area contributed by atoms with Crippen molar-refractivity contribution in [3.63, 3.8) is 0 Å². The third kappa shape index (κ3) is 4.00. The van der Waals surface area contributed by atoms with Crippen LogP contribution in [0.3, 0.4) is 0 Å². The van der Waals surface area contributed by atoms with Gasteiger partial charge in [0.25, 0.3) is 5.91 Å². The third-order valence-corrected chi connectivity index (χ3v) is 4.87. The molecule has 0 saturated carbocycles. The monoisotopic (exact) mass is 360 g/mol. The summed E-state index contributed by atoms with van der Waals surface area (Å²) in [4.78, 5) is 18.7. The molecule has 0 bridgehead atoms. The van der Waals surface area contributed by atoms with Crippen LogP contribution in [0.1, 0.15) is 45.8 Å². The number of pyridine rings is 1. The summed E-state index contributed by atoms with van der Waals surface area (Å²) >= 11 is 0. The number of hydrogen-bond acceptors (Lipinski definition) is 3. The van der Waals surface area contributed by atoms with Crippen LogP contribution in [0.15, 0.2) is 36.7 Å². The first-order valence-corrected chi connectivity index (χ1v) is 8.71. The van der Waals surface area contributed by atoms with Crippen molar-refractivity contribution in [2.45, 2.75) is 39.2 Å². The molecule has 1 aliphatic rings. The average Bonchev–Trinajstić information content (AvgIpc) is 2.64. The quantitative estimate of drug-likeness (QED) is 0.815. The Labute approximate surface area is 151 Å². The number of benzene rings is 1. The number of piperidine rings is 1. The maximum atomic E-state index is 12.8. The Hall–Kier alpha value is -2.50. The number of aromatic nitrogens is 1. The zero-order valence-corrected chi connectivity index (χ0v) is 14.9. The fraction of sp³-hybridized carbons (Fsp3) is 0.400. The molecular weight excluding hydrogens is 338 g/mol. The highest BCUT2D eigenvalue weighted by molar-refractivity contribution is 5.95. The van der Waals surface area contributed by atoms with Crippen molar-refractivity contribution >= 4 is 5.91 Å². The lowest BCUT2D eigenvalue weighted by molar-refractivity contribution is -0.0507. The Morgan fingerprint density at radius 3 is 2.27 bits per heavy atom. The van der Waals surface area contributed by atoms with Crippen LogP contribution < -0.4 is 4.74 Å². The van der Waals surface area contributed by atoms with Gasteiger partial charge in [-0.05, 0) is 73.6 Å². The summed E-state index contributed by atoms with van der Waals surface area (Å²) in [5, 5.41) is 0. The van der Waals surface area contributed by atoms with Crippen LogP contribution in [0.25, 0.3) is 0 Å². The summed E-state index contributed by atoms with van der Waals surface area (Å²) in [5.74, 6) is 0.522. The summed E-state index contributed by atoms with van der Waals surface area (Å²) < 4.78 is 29.6. The van der Waals surface area contributed by atoms with Gasteiger partial charge in [-0.2, -0.15) is 8.78 Å². The van der Waals surface area contributed by atoms with E-state index in [-0.39, 0.29) is 11.7 Å². The van der Waals surface area contributed by atoms with Gasteiger partial charge in [-0.15, -0.1) is 0 Å². The molecule has 3 rings (SSSR count). The van der Waals surface area contributed by atoms with Gasteiger partial charge >= 0.3 is 6.61 Å². The van der Waals surface area contributed by atoms with E-state index in [1.165, 1.54) is 5.56 Å². The lowest BCUT2D eigenvalue weighted by Gasteiger charge is -2.32. The van der Waals surface area contributed by atoms with Crippen molar-refractivity contribution in [1.29, 1.82) is 0 Å². The molecule has 2 aromatic rings. The van der Waals surface area contributed by atoms with Crippen LogP contribution in [0, 0.1) is 13.8 Å². The fourth-order valence-corrected chi connectivity index (χ4v) is 3.58. The normalized spacial score (nSPS) is 15.3. The SMILES string of the molecule is Cc1cc(C(=O)N2CCC(c3ccncc3)CC2)cc(C)c1OC(F)F. The first-order chi connectivity index (χ1) is 12.5. The van der Waals surface area contributed by atoms with Crippen LogP contribution in [0.5, 0.6) is 5.75 Å². The van der Waals surface area contributed by atoms with Crippen LogP contribution in [-0.4, -0.2) is 35.5 Å². The van der Waals surface area contributed by atoms with Gasteiger partial charge in [0.2, 0.25) is 0 Å². The molecule has 138 valence electrons. The Morgan fingerprint density at radius 2 is 1.73 bits per heavy atom. The Balaban J connectivity index is 1.69. The molecule has 0 radical (unpaired) electrons. The van der Waals surface area contributed by atoms with Gasteiger partial charge < -0.3 is 9.64 Å². The number of halogens is 2. The molecule has 0 N–H and O–H groups in total. The molecule has 0 unspecified atom stereocenters. The van der Waals surface area contributed by atoms with E-state index in [2.05, 4.69) is 9.72 Å². The van der Waals surface area contributed by atoms with Crippen molar-refractivity contribution < 1.29 is 18.3 Å². The van der Waals surface area contributed by atoms with E-state index in [4.69, 9.17) is 0 Å². The van der Waals surface area contributed by atoms with Crippen molar-refractivity contribution in [2.75, 3.05) is 13.1 Å². The minimum atomic E-state index is -2.87. The van der Waals surface area contributed by atoms with Gasteiger partial charge in [0.05, 0.1) is 0 Å². The molecule has 1 aromatic carbocycles. The van der Waals surface area contributed by atoms with E-state index in [0.29, 0.717) is 35.7 Å². The molecule has 4 nitrogen and oxygen atoms in total. The Morgan fingerprint density at radius 1 is 1.15 bits per heavy atom. The maximum absolute atomic E-state index is 12.8. The number of nitrogens with zero attached hydrogens (tertiary/aromatic N) is 2. The maximum Gasteiger partial charge on any atom is 0.387 e. The van der Waals surface area contributed by atoms with E-state index >= 15 is 0 Å². The zero-order valence-electron chi connectivity index (χ0n) is 14.9. The summed E-state index contributed by atoms with van der Waals surface area (Å²) in [5.41, 5.74) is 2.86. The third-order valence-electron chi connectivity index (χ3n) is 4.87. The largest absolute Gasteiger partial charge is 0.434 e. The number of hydrogen-bond donors (Lipinski definition) is 0. The highest BCUT2D eigenvalue weighted by Gasteiger charge is 2.25. The molecule has 1 fully saturated rings. The number of aryl methyl sites for hydroxylation is 2. The molecule has 2 heterocycles. The molecule has 0 aliphatic carbocycles. The number of alkyl halides is 2. The van der Waals surface area contributed by atoms with Crippen molar-refractivity contribution in [2.24, 2.45) is 0 Å². The van der Waals surface area contributed by atoms with Gasteiger partial charge in [-0.25, -0.2) is 0 Å². The van der Waals surface area contributed by atoms with E-state index < -0.39 is 6.61 Å². The molecule has 6 heteroatoms. The van der Waals surface area contributed by atoms with Gasteiger partial charge in [-0.1, -0.05) is 0 Å². The topological polar surface area (TPSA) is 42.4 Å². The highest BCUT2D eigenvalue weighted by Crippen LogP contribution is 2.30. The number of likely N-dealkylation sites (tertiary alicyclic amines) is 1. The molecule has 0 spiro atoms. The summed E-state index contributed by atoms with van der Waals surface area (Å²) in [6.45, 7) is 1.84. The zero-order chi connectivity index (χ0) is 18.7. The summed E-state index contributed by atoms with van der Waals surface area (Å²) in [6.07, 6.45) is 5.39. The molecular formula is C20H22F2N2O2. The second-order valence-electron chi connectivity index (χ2n) is 6.66. The second-order valence-corrected chi connectivity index (χ2v) is 6.66. The first kappa shape index (κ1) is 18.3. The van der Waals surface area contributed by atoms with Gasteiger partial charge in [0.1, 0.15) is 5.75 Å². The fourth-order valence-electron chi connectivity index (χ4n) is 3.58. The molecule has 26 heavy (non-hydrogen) atoms. The van der Waals surface area contributed by atoms with Crippen LogP contribution in [0.2, 0.25) is 0 Å². The minimum Gasteiger partial charge on any atom is -0.434 e. The summed E-state index contributed by atoms with van der Waals surface area (Å²) in [7, 11) is 0. The second kappa shape index (κ2) is 7.81. The van der Waals surface area contributed by atoms with E-state index in [1.807, 2.05) is 17.0 Å². The predicted molar refractivity (Wildman–Crippen MR) is 94.7 cm³/mol. The van der Waals surface area contributed by atoms with Gasteiger partial charge in [0, 0.05) is 31.0 Å². The smallest absolute Gasteiger partial charge is 0.387 e. The molecule has 1 aliphatic heterocycles. The number of ether oxygens (including phenoxy) is 1. The van der Waals surface area contributed by atoms with Crippen molar-refractivity contribution in [3.8, 4) is 5.75 Å². The highest BCUT2D eigenvalue weighted by atomic mass is 19.3. The number of carbonyl (C=O) groups is 1. The van der Waals surface area contributed by atoms with E-state index in [9.17, 15) is 13.6 Å². The number of rotatable bonds is 4. The molecule has 0 atom stereocenters. The first-order valence-electron chi connectivity index (χ1n) is 8.71. The number of amides is 1. The predicted octanol–water partition coefficient (Wildman–Crippen LogP) is 4.32. The van der Waals surface area contributed by atoms with Gasteiger partial charge in [-0.3, -0.25) is 9.78 Å². The average molecular weight is 360 g/mol. The van der Waals surface area contributed by atoms with E-state index in [0.717, 1.165) is 12.8 Å². The minimum absolute atomic E-state index is 0.0621. The lowest BCUT2D eigenvalue weighted by atomic mass is 9.90. The van der Waals surface area contributed by atoms with Crippen LogP contribution in [0.4, 0.5) is 8.78 Å². The van der Waals surface area contributed by atoms with E-state index in [1.54, 1.807) is 38.4 Å². The van der Waals surface area contributed by atoms with Crippen molar-refractivity contribution in [3.05, 3.63) is 58.9 Å². The summed E-state index contributed by atoms with van der Waals surface area (Å²) in [6, 6.07) is 7.30. The standard InChI is InChI=1S/C20H22F2N2O2/c1-13-11-17(12-14(2)18(13)26-20(21)22)19(25)24-9-5-16(6-10-24)15-3-7-23-8-4-15/h3-4,7-8,11-12,16,20H,5-6,9-10H2,1-2H3. The molecule has 1 aromatic heterocycles.